The molecule has 0 aromatic heterocycles. The number of rotatable bonds is 6. The van der Waals surface area contributed by atoms with Crippen LogP contribution in [0.3, 0.4) is 0 Å². The summed E-state index contributed by atoms with van der Waals surface area (Å²) in [4.78, 5) is 25.3. The number of hydrogen-bond donors (Lipinski definition) is 1. The second-order valence-electron chi connectivity index (χ2n) is 4.47. The standard InChI is InChI=1S/C15H19ClN2O3/c1-5-8-18(11(3)19)10(2)15(20)17-13-9-12(16)6-7-14(13)21-4/h5-7,9-10H,1,8H2,2-4H3,(H,17,20). The van der Waals surface area contributed by atoms with Crippen molar-refractivity contribution in [2.45, 2.75) is 19.9 Å². The average Bonchev–Trinajstić information content (AvgIpc) is 2.44. The van der Waals surface area contributed by atoms with Gasteiger partial charge in [-0.3, -0.25) is 9.59 Å². The molecule has 21 heavy (non-hydrogen) atoms. The van der Waals surface area contributed by atoms with Gasteiger partial charge in [0.1, 0.15) is 11.8 Å². The van der Waals surface area contributed by atoms with E-state index in [0.29, 0.717) is 23.0 Å². The van der Waals surface area contributed by atoms with Gasteiger partial charge in [-0.1, -0.05) is 17.7 Å². The second-order valence-corrected chi connectivity index (χ2v) is 4.91. The zero-order valence-electron chi connectivity index (χ0n) is 12.4. The number of nitrogens with zero attached hydrogens (tertiary/aromatic N) is 1. The maximum absolute atomic E-state index is 12.3. The van der Waals surface area contributed by atoms with Crippen LogP contribution in [0.15, 0.2) is 30.9 Å². The third-order valence-corrected chi connectivity index (χ3v) is 3.23. The first-order valence-corrected chi connectivity index (χ1v) is 6.81. The Morgan fingerprint density at radius 1 is 1.52 bits per heavy atom. The number of carbonyl (C=O) groups is 2. The SMILES string of the molecule is C=CCN(C(C)=O)C(C)C(=O)Nc1cc(Cl)ccc1OC. The Morgan fingerprint density at radius 3 is 2.71 bits per heavy atom. The van der Waals surface area contributed by atoms with Crippen LogP contribution < -0.4 is 10.1 Å². The fourth-order valence-electron chi connectivity index (χ4n) is 1.86. The molecule has 1 unspecified atom stereocenters. The van der Waals surface area contributed by atoms with Gasteiger partial charge in [0, 0.05) is 18.5 Å². The highest BCUT2D eigenvalue weighted by atomic mass is 35.5. The average molecular weight is 311 g/mol. The van der Waals surface area contributed by atoms with Crippen molar-refractivity contribution in [2.24, 2.45) is 0 Å². The Balaban J connectivity index is 2.91. The summed E-state index contributed by atoms with van der Waals surface area (Å²) in [5, 5.41) is 3.20. The number of benzene rings is 1. The summed E-state index contributed by atoms with van der Waals surface area (Å²) in [6, 6.07) is 4.29. The molecule has 0 aliphatic carbocycles. The molecular formula is C15H19ClN2O3. The van der Waals surface area contributed by atoms with Crippen molar-refractivity contribution in [3.05, 3.63) is 35.9 Å². The summed E-state index contributed by atoms with van der Waals surface area (Å²) >= 11 is 5.91. The molecule has 6 heteroatoms. The fraction of sp³-hybridized carbons (Fsp3) is 0.333. The van der Waals surface area contributed by atoms with Crippen molar-refractivity contribution in [1.29, 1.82) is 0 Å². The number of halogens is 1. The number of anilines is 1. The van der Waals surface area contributed by atoms with Crippen LogP contribution in [0.4, 0.5) is 5.69 Å². The first kappa shape index (κ1) is 17.0. The molecule has 1 atom stereocenters. The van der Waals surface area contributed by atoms with Crippen LogP contribution >= 0.6 is 11.6 Å². The van der Waals surface area contributed by atoms with Crippen LogP contribution in [0.5, 0.6) is 5.75 Å². The number of amides is 2. The topological polar surface area (TPSA) is 58.6 Å². The summed E-state index contributed by atoms with van der Waals surface area (Å²) in [7, 11) is 1.50. The second kappa shape index (κ2) is 7.69. The molecule has 0 aliphatic rings. The number of methoxy groups -OCH3 is 1. The Bertz CT molecular complexity index is 546. The van der Waals surface area contributed by atoms with Crippen molar-refractivity contribution >= 4 is 29.1 Å². The van der Waals surface area contributed by atoms with Gasteiger partial charge >= 0.3 is 0 Å². The van der Waals surface area contributed by atoms with Crippen LogP contribution in [0.1, 0.15) is 13.8 Å². The molecule has 0 spiro atoms. The van der Waals surface area contributed by atoms with E-state index in [1.54, 1.807) is 31.2 Å². The van der Waals surface area contributed by atoms with Crippen molar-refractivity contribution < 1.29 is 14.3 Å². The fourth-order valence-corrected chi connectivity index (χ4v) is 2.03. The summed E-state index contributed by atoms with van der Waals surface area (Å²) in [5.74, 6) is -0.0266. The Labute approximate surface area is 129 Å². The number of carbonyl (C=O) groups excluding carboxylic acids is 2. The number of nitrogens with one attached hydrogen (secondary N) is 1. The lowest BCUT2D eigenvalue weighted by Gasteiger charge is -2.26. The predicted octanol–water partition coefficient (Wildman–Crippen LogP) is 2.71. The van der Waals surface area contributed by atoms with Crippen LogP contribution in [0, 0.1) is 0 Å². The summed E-state index contributed by atoms with van der Waals surface area (Å²) in [5.41, 5.74) is 0.462. The van der Waals surface area contributed by atoms with Gasteiger partial charge in [-0.2, -0.15) is 0 Å². The number of hydrogen-bond acceptors (Lipinski definition) is 3. The van der Waals surface area contributed by atoms with Gasteiger partial charge in [0.05, 0.1) is 12.8 Å². The molecule has 1 N–H and O–H groups in total. The smallest absolute Gasteiger partial charge is 0.247 e. The minimum Gasteiger partial charge on any atom is -0.495 e. The van der Waals surface area contributed by atoms with Gasteiger partial charge in [-0.25, -0.2) is 0 Å². The summed E-state index contributed by atoms with van der Waals surface area (Å²) in [6.07, 6.45) is 1.57. The van der Waals surface area contributed by atoms with E-state index in [-0.39, 0.29) is 11.8 Å². The molecule has 114 valence electrons. The van der Waals surface area contributed by atoms with E-state index >= 15 is 0 Å². The molecule has 0 radical (unpaired) electrons. The molecule has 0 saturated heterocycles. The van der Waals surface area contributed by atoms with Gasteiger partial charge in [0.15, 0.2) is 0 Å². The molecule has 1 aromatic rings. The molecule has 2 amide bonds. The molecular weight excluding hydrogens is 292 g/mol. The first-order valence-electron chi connectivity index (χ1n) is 6.43. The Morgan fingerprint density at radius 2 is 2.19 bits per heavy atom. The third-order valence-electron chi connectivity index (χ3n) is 3.00. The maximum Gasteiger partial charge on any atom is 0.247 e. The predicted molar refractivity (Wildman–Crippen MR) is 83.7 cm³/mol. The zero-order chi connectivity index (χ0) is 16.0. The van der Waals surface area contributed by atoms with E-state index in [2.05, 4.69) is 11.9 Å². The van der Waals surface area contributed by atoms with Crippen LogP contribution in [-0.4, -0.2) is 36.4 Å². The van der Waals surface area contributed by atoms with E-state index in [0.717, 1.165) is 0 Å². The van der Waals surface area contributed by atoms with Crippen molar-refractivity contribution in [2.75, 3.05) is 19.0 Å². The van der Waals surface area contributed by atoms with Gasteiger partial charge < -0.3 is 15.0 Å². The lowest BCUT2D eigenvalue weighted by atomic mass is 10.2. The molecule has 1 aromatic carbocycles. The molecule has 0 fully saturated rings. The first-order chi connectivity index (χ1) is 9.90. The third kappa shape index (κ3) is 4.49. The molecule has 0 heterocycles. The van der Waals surface area contributed by atoms with Crippen molar-refractivity contribution in [3.8, 4) is 5.75 Å². The normalized spacial score (nSPS) is 11.4. The lowest BCUT2D eigenvalue weighted by Crippen LogP contribution is -2.44. The molecule has 5 nitrogen and oxygen atoms in total. The highest BCUT2D eigenvalue weighted by Crippen LogP contribution is 2.27. The quantitative estimate of drug-likeness (QED) is 0.822. The van der Waals surface area contributed by atoms with E-state index in [9.17, 15) is 9.59 Å². The van der Waals surface area contributed by atoms with Crippen molar-refractivity contribution in [1.82, 2.24) is 4.90 Å². The van der Waals surface area contributed by atoms with E-state index in [4.69, 9.17) is 16.3 Å². The molecule has 0 aliphatic heterocycles. The van der Waals surface area contributed by atoms with Gasteiger partial charge in [-0.05, 0) is 25.1 Å². The highest BCUT2D eigenvalue weighted by Gasteiger charge is 2.23. The zero-order valence-corrected chi connectivity index (χ0v) is 13.1. The molecule has 0 bridgehead atoms. The summed E-state index contributed by atoms with van der Waals surface area (Å²) < 4.78 is 5.17. The van der Waals surface area contributed by atoms with Crippen LogP contribution in [-0.2, 0) is 9.59 Å². The van der Waals surface area contributed by atoms with E-state index in [1.807, 2.05) is 0 Å². The van der Waals surface area contributed by atoms with Crippen LogP contribution in [0.2, 0.25) is 5.02 Å². The van der Waals surface area contributed by atoms with Gasteiger partial charge in [0.25, 0.3) is 0 Å². The maximum atomic E-state index is 12.3. The van der Waals surface area contributed by atoms with Gasteiger partial charge in [-0.15, -0.1) is 6.58 Å². The monoisotopic (exact) mass is 310 g/mol. The minimum atomic E-state index is -0.635. The molecule has 0 saturated carbocycles. The minimum absolute atomic E-state index is 0.199. The van der Waals surface area contributed by atoms with Gasteiger partial charge in [0.2, 0.25) is 11.8 Å². The number of ether oxygens (including phenoxy) is 1. The Kier molecular flexibility index (Phi) is 6.24. The largest absolute Gasteiger partial charge is 0.495 e. The van der Waals surface area contributed by atoms with E-state index < -0.39 is 6.04 Å². The Hall–Kier alpha value is -2.01. The van der Waals surface area contributed by atoms with E-state index in [1.165, 1.54) is 18.9 Å². The highest BCUT2D eigenvalue weighted by molar-refractivity contribution is 6.31. The summed E-state index contributed by atoms with van der Waals surface area (Å²) in [6.45, 7) is 6.95. The van der Waals surface area contributed by atoms with Crippen LogP contribution in [0.25, 0.3) is 0 Å². The van der Waals surface area contributed by atoms with Crippen molar-refractivity contribution in [3.63, 3.8) is 0 Å². The molecule has 1 rings (SSSR count). The lowest BCUT2D eigenvalue weighted by molar-refractivity contribution is -0.135.